The Balaban J connectivity index is 2.49. The highest BCUT2D eigenvalue weighted by Crippen LogP contribution is 2.33. The second-order valence-electron chi connectivity index (χ2n) is 4.33. The SMILES string of the molecule is CSc1cccc(Oc2ccc(Br)cc2C)c1/C(N)=N/O. The van der Waals surface area contributed by atoms with Crippen LogP contribution in [0.15, 0.2) is 50.9 Å². The highest BCUT2D eigenvalue weighted by Gasteiger charge is 2.15. The van der Waals surface area contributed by atoms with Gasteiger partial charge in [0, 0.05) is 9.37 Å². The zero-order valence-electron chi connectivity index (χ0n) is 11.6. The largest absolute Gasteiger partial charge is 0.456 e. The molecular weight excluding hydrogens is 352 g/mol. The number of amidine groups is 1. The molecule has 0 bridgehead atoms. The van der Waals surface area contributed by atoms with E-state index in [2.05, 4.69) is 21.1 Å². The van der Waals surface area contributed by atoms with Crippen molar-refractivity contribution in [1.29, 1.82) is 0 Å². The smallest absolute Gasteiger partial charge is 0.175 e. The summed E-state index contributed by atoms with van der Waals surface area (Å²) in [4.78, 5) is 0.887. The molecule has 0 spiro atoms. The zero-order valence-corrected chi connectivity index (χ0v) is 14.0. The van der Waals surface area contributed by atoms with Crippen LogP contribution in [0.4, 0.5) is 0 Å². The molecule has 0 aliphatic rings. The molecule has 0 saturated carbocycles. The molecule has 0 saturated heterocycles. The van der Waals surface area contributed by atoms with E-state index in [1.54, 1.807) is 6.07 Å². The average Bonchev–Trinajstić information content (AvgIpc) is 2.49. The number of benzene rings is 2. The van der Waals surface area contributed by atoms with Crippen molar-refractivity contribution in [1.82, 2.24) is 0 Å². The normalized spacial score (nSPS) is 11.5. The lowest BCUT2D eigenvalue weighted by molar-refractivity contribution is 0.318. The minimum absolute atomic E-state index is 0.0321. The van der Waals surface area contributed by atoms with Crippen molar-refractivity contribution in [2.45, 2.75) is 11.8 Å². The molecule has 0 radical (unpaired) electrons. The van der Waals surface area contributed by atoms with Crippen molar-refractivity contribution >= 4 is 33.5 Å². The predicted molar refractivity (Wildman–Crippen MR) is 89.7 cm³/mol. The topological polar surface area (TPSA) is 67.8 Å². The molecule has 0 aliphatic carbocycles. The molecule has 0 atom stereocenters. The Labute approximate surface area is 136 Å². The van der Waals surface area contributed by atoms with E-state index < -0.39 is 0 Å². The fourth-order valence-corrected chi connectivity index (χ4v) is 3.01. The molecule has 0 aliphatic heterocycles. The number of nitrogens with two attached hydrogens (primary N) is 1. The van der Waals surface area contributed by atoms with E-state index >= 15 is 0 Å². The summed E-state index contributed by atoms with van der Waals surface area (Å²) in [5.74, 6) is 1.32. The highest BCUT2D eigenvalue weighted by atomic mass is 79.9. The predicted octanol–water partition coefficient (Wildman–Crippen LogP) is 4.37. The molecule has 2 aromatic rings. The summed E-state index contributed by atoms with van der Waals surface area (Å²) in [6, 6.07) is 11.3. The summed E-state index contributed by atoms with van der Waals surface area (Å²) in [7, 11) is 0. The van der Waals surface area contributed by atoms with Crippen molar-refractivity contribution in [2.75, 3.05) is 6.26 Å². The Bertz CT molecular complexity index is 689. The van der Waals surface area contributed by atoms with Gasteiger partial charge in [0.15, 0.2) is 5.84 Å². The number of rotatable bonds is 4. The molecule has 0 heterocycles. The molecule has 0 fully saturated rings. The second kappa shape index (κ2) is 6.87. The monoisotopic (exact) mass is 366 g/mol. The van der Waals surface area contributed by atoms with Crippen LogP contribution in [-0.4, -0.2) is 17.3 Å². The van der Waals surface area contributed by atoms with Crippen molar-refractivity contribution in [3.63, 3.8) is 0 Å². The maximum atomic E-state index is 8.98. The molecule has 0 amide bonds. The van der Waals surface area contributed by atoms with Crippen molar-refractivity contribution in [2.24, 2.45) is 10.9 Å². The van der Waals surface area contributed by atoms with Crippen molar-refractivity contribution in [3.05, 3.63) is 52.0 Å². The number of aryl methyl sites for hydroxylation is 1. The van der Waals surface area contributed by atoms with Gasteiger partial charge in [-0.05, 0) is 49.1 Å². The number of halogens is 1. The van der Waals surface area contributed by atoms with E-state index in [0.717, 1.165) is 20.7 Å². The number of hydrogen-bond donors (Lipinski definition) is 2. The van der Waals surface area contributed by atoms with Gasteiger partial charge < -0.3 is 15.7 Å². The zero-order chi connectivity index (χ0) is 15.4. The summed E-state index contributed by atoms with van der Waals surface area (Å²) in [6.45, 7) is 1.96. The van der Waals surface area contributed by atoms with Gasteiger partial charge >= 0.3 is 0 Å². The lowest BCUT2D eigenvalue weighted by atomic mass is 10.1. The molecule has 0 aromatic heterocycles. The first kappa shape index (κ1) is 15.7. The van der Waals surface area contributed by atoms with Crippen LogP contribution in [0.3, 0.4) is 0 Å². The molecule has 3 N–H and O–H groups in total. The van der Waals surface area contributed by atoms with Crippen LogP contribution >= 0.6 is 27.7 Å². The third kappa shape index (κ3) is 3.51. The molecular formula is C15H15BrN2O2S. The summed E-state index contributed by atoms with van der Waals surface area (Å²) < 4.78 is 6.94. The fraction of sp³-hybridized carbons (Fsp3) is 0.133. The third-order valence-corrected chi connectivity index (χ3v) is 4.20. The maximum Gasteiger partial charge on any atom is 0.175 e. The Morgan fingerprint density at radius 3 is 2.67 bits per heavy atom. The van der Waals surface area contributed by atoms with E-state index in [1.165, 1.54) is 11.8 Å². The first-order valence-electron chi connectivity index (χ1n) is 6.15. The molecule has 4 nitrogen and oxygen atoms in total. The van der Waals surface area contributed by atoms with Crippen LogP contribution in [-0.2, 0) is 0 Å². The number of nitrogens with zero attached hydrogens (tertiary/aromatic N) is 1. The minimum atomic E-state index is 0.0321. The summed E-state index contributed by atoms with van der Waals surface area (Å²) in [6.07, 6.45) is 1.93. The molecule has 21 heavy (non-hydrogen) atoms. The van der Waals surface area contributed by atoms with E-state index in [-0.39, 0.29) is 5.84 Å². The van der Waals surface area contributed by atoms with Gasteiger partial charge in [-0.3, -0.25) is 0 Å². The van der Waals surface area contributed by atoms with Gasteiger partial charge in [-0.25, -0.2) is 0 Å². The first-order valence-corrected chi connectivity index (χ1v) is 8.17. The van der Waals surface area contributed by atoms with Crippen LogP contribution in [0.2, 0.25) is 0 Å². The number of hydrogen-bond acceptors (Lipinski definition) is 4. The van der Waals surface area contributed by atoms with Gasteiger partial charge in [0.05, 0.1) is 5.56 Å². The van der Waals surface area contributed by atoms with E-state index in [1.807, 2.05) is 43.5 Å². The van der Waals surface area contributed by atoms with Gasteiger partial charge in [-0.1, -0.05) is 27.2 Å². The summed E-state index contributed by atoms with van der Waals surface area (Å²) >= 11 is 4.93. The lowest BCUT2D eigenvalue weighted by Gasteiger charge is -2.14. The summed E-state index contributed by atoms with van der Waals surface area (Å²) in [5, 5.41) is 12.1. The van der Waals surface area contributed by atoms with Crippen LogP contribution in [0, 0.1) is 6.92 Å². The van der Waals surface area contributed by atoms with Gasteiger partial charge in [-0.2, -0.15) is 0 Å². The van der Waals surface area contributed by atoms with E-state index in [0.29, 0.717) is 11.3 Å². The standard InChI is InChI=1S/C15H15BrN2O2S/c1-9-8-10(16)6-7-11(9)20-12-4-3-5-13(21-2)14(12)15(17)18-19/h3-8,19H,1-2H3,(H2,17,18). The van der Waals surface area contributed by atoms with Gasteiger partial charge in [0.25, 0.3) is 0 Å². The van der Waals surface area contributed by atoms with Gasteiger partial charge in [0.1, 0.15) is 11.5 Å². The van der Waals surface area contributed by atoms with E-state index in [4.69, 9.17) is 15.7 Å². The van der Waals surface area contributed by atoms with Gasteiger partial charge in [0.2, 0.25) is 0 Å². The molecule has 110 valence electrons. The Morgan fingerprint density at radius 2 is 2.05 bits per heavy atom. The van der Waals surface area contributed by atoms with Crippen LogP contribution in [0.5, 0.6) is 11.5 Å². The van der Waals surface area contributed by atoms with Gasteiger partial charge in [-0.15, -0.1) is 11.8 Å². The Morgan fingerprint density at radius 1 is 1.29 bits per heavy atom. The van der Waals surface area contributed by atoms with Crippen molar-refractivity contribution in [3.8, 4) is 11.5 Å². The Hall–Kier alpha value is -1.66. The number of thioether (sulfide) groups is 1. The van der Waals surface area contributed by atoms with Crippen molar-refractivity contribution < 1.29 is 9.94 Å². The van der Waals surface area contributed by atoms with Crippen LogP contribution in [0.1, 0.15) is 11.1 Å². The molecule has 2 rings (SSSR count). The molecule has 2 aromatic carbocycles. The molecule has 6 heteroatoms. The second-order valence-corrected chi connectivity index (χ2v) is 6.09. The lowest BCUT2D eigenvalue weighted by Crippen LogP contribution is -2.15. The number of oxime groups is 1. The average molecular weight is 367 g/mol. The van der Waals surface area contributed by atoms with Crippen LogP contribution < -0.4 is 10.5 Å². The third-order valence-electron chi connectivity index (χ3n) is 2.93. The van der Waals surface area contributed by atoms with Crippen LogP contribution in [0.25, 0.3) is 0 Å². The fourth-order valence-electron chi connectivity index (χ4n) is 1.91. The molecule has 0 unspecified atom stereocenters. The maximum absolute atomic E-state index is 8.98. The highest BCUT2D eigenvalue weighted by molar-refractivity contribution is 9.10. The summed E-state index contributed by atoms with van der Waals surface area (Å²) in [5.41, 5.74) is 7.37. The number of ether oxygens (including phenoxy) is 1. The minimum Gasteiger partial charge on any atom is -0.456 e. The van der Waals surface area contributed by atoms with E-state index in [9.17, 15) is 0 Å². The first-order chi connectivity index (χ1) is 10.1. The quantitative estimate of drug-likeness (QED) is 0.277. The Kier molecular flexibility index (Phi) is 5.14.